The summed E-state index contributed by atoms with van der Waals surface area (Å²) in [6.45, 7) is 7.99. The van der Waals surface area contributed by atoms with Crippen LogP contribution in [0.3, 0.4) is 0 Å². The van der Waals surface area contributed by atoms with E-state index in [9.17, 15) is 18.4 Å². The summed E-state index contributed by atoms with van der Waals surface area (Å²) in [5.41, 5.74) is 1.35. The zero-order valence-electron chi connectivity index (χ0n) is 30.5. The Bertz CT molecular complexity index is 2040. The Morgan fingerprint density at radius 2 is 1.38 bits per heavy atom. The Balaban J connectivity index is 1.19. The van der Waals surface area contributed by atoms with Crippen molar-refractivity contribution in [1.29, 1.82) is 0 Å². The Hall–Kier alpha value is -5.36. The van der Waals surface area contributed by atoms with E-state index >= 15 is 0 Å². The fourth-order valence-corrected chi connectivity index (χ4v) is 7.58. The van der Waals surface area contributed by atoms with Crippen LogP contribution in [-0.2, 0) is 15.1 Å². The SMILES string of the molecule is COc1ccc2ccccc2c1-c1cn(C2(C(=O)N3CCN(C(c4ccc(F)cc4)c4ccc(F)cc4)CC3)CCN(C(=O)OC(C)(C)C)CC2)nn1. The zero-order chi connectivity index (χ0) is 37.3. The molecule has 10 nitrogen and oxygen atoms in total. The number of nitrogens with zero attached hydrogens (tertiary/aromatic N) is 6. The molecule has 0 atom stereocenters. The van der Waals surface area contributed by atoms with Gasteiger partial charge in [0.1, 0.15) is 34.2 Å². The maximum absolute atomic E-state index is 14.9. The zero-order valence-corrected chi connectivity index (χ0v) is 30.5. The number of halogens is 2. The van der Waals surface area contributed by atoms with Crippen molar-refractivity contribution in [3.05, 3.63) is 114 Å². The van der Waals surface area contributed by atoms with E-state index in [2.05, 4.69) is 15.2 Å². The molecule has 0 saturated carbocycles. The van der Waals surface area contributed by atoms with E-state index in [1.54, 1.807) is 41.0 Å². The molecular weight excluding hydrogens is 678 g/mol. The van der Waals surface area contributed by atoms with E-state index in [0.29, 0.717) is 63.6 Å². The van der Waals surface area contributed by atoms with E-state index in [-0.39, 0.29) is 23.6 Å². The van der Waals surface area contributed by atoms with Gasteiger partial charge >= 0.3 is 6.09 Å². The minimum absolute atomic E-state index is 0.0950. The molecule has 0 unspecified atom stereocenters. The van der Waals surface area contributed by atoms with Crippen LogP contribution < -0.4 is 4.74 Å². The summed E-state index contributed by atoms with van der Waals surface area (Å²) in [5, 5.41) is 11.2. The van der Waals surface area contributed by atoms with Crippen LogP contribution in [-0.4, -0.2) is 93.7 Å². The number of ether oxygens (including phenoxy) is 2. The van der Waals surface area contributed by atoms with Crippen LogP contribution in [0.1, 0.15) is 50.8 Å². The van der Waals surface area contributed by atoms with Crippen molar-refractivity contribution >= 4 is 22.8 Å². The molecule has 4 aromatic carbocycles. The van der Waals surface area contributed by atoms with Gasteiger partial charge in [-0.1, -0.05) is 59.8 Å². The first-order valence-electron chi connectivity index (χ1n) is 18.0. The van der Waals surface area contributed by atoms with Gasteiger partial charge in [0.05, 0.1) is 24.9 Å². The van der Waals surface area contributed by atoms with Crippen LogP contribution in [0.5, 0.6) is 5.75 Å². The minimum atomic E-state index is -1.11. The van der Waals surface area contributed by atoms with E-state index in [1.807, 2.05) is 68.3 Å². The lowest BCUT2D eigenvalue weighted by Gasteiger charge is -2.45. The van der Waals surface area contributed by atoms with E-state index in [4.69, 9.17) is 9.47 Å². The highest BCUT2D eigenvalue weighted by Gasteiger charge is 2.48. The van der Waals surface area contributed by atoms with E-state index < -0.39 is 17.2 Å². The van der Waals surface area contributed by atoms with Crippen molar-refractivity contribution in [2.75, 3.05) is 46.4 Å². The predicted octanol–water partition coefficient (Wildman–Crippen LogP) is 7.05. The van der Waals surface area contributed by atoms with Gasteiger partial charge in [0.25, 0.3) is 5.91 Å². The number of benzene rings is 4. The summed E-state index contributed by atoms with van der Waals surface area (Å²) in [4.78, 5) is 33.8. The fraction of sp³-hybridized carbons (Fsp3) is 0.366. The van der Waals surface area contributed by atoms with Gasteiger partial charge in [0, 0.05) is 39.3 Å². The van der Waals surface area contributed by atoms with Gasteiger partial charge in [0.15, 0.2) is 0 Å². The maximum atomic E-state index is 14.9. The molecule has 12 heteroatoms. The Morgan fingerprint density at radius 3 is 1.96 bits per heavy atom. The number of hydrogen-bond acceptors (Lipinski definition) is 7. The normalized spacial score (nSPS) is 16.6. The molecule has 1 aromatic heterocycles. The topological polar surface area (TPSA) is 93.0 Å². The van der Waals surface area contributed by atoms with E-state index in [0.717, 1.165) is 27.5 Å². The molecule has 276 valence electrons. The second kappa shape index (κ2) is 14.6. The van der Waals surface area contributed by atoms with Gasteiger partial charge < -0.3 is 19.3 Å². The summed E-state index contributed by atoms with van der Waals surface area (Å²) in [6, 6.07) is 24.3. The third kappa shape index (κ3) is 7.33. The molecule has 7 rings (SSSR count). The number of piperazine rings is 1. The summed E-state index contributed by atoms with van der Waals surface area (Å²) < 4.78 is 41.0. The third-order valence-electron chi connectivity index (χ3n) is 10.3. The standard InChI is InChI=1S/C41H44F2N6O4/c1-40(2,3)53-39(51)48-21-19-41(20-22-48,49-27-34(44-45-49)36-33-8-6-5-7-28(33)13-18-35(36)52-4)38(50)47-25-23-46(24-26-47)37(29-9-14-31(42)15-10-29)30-11-16-32(43)17-12-30/h5-18,27,37H,19-26H2,1-4H3. The highest BCUT2D eigenvalue weighted by molar-refractivity contribution is 5.98. The van der Waals surface area contributed by atoms with Crippen molar-refractivity contribution in [2.45, 2.75) is 50.8 Å². The molecule has 3 heterocycles. The highest BCUT2D eigenvalue weighted by Crippen LogP contribution is 2.39. The molecule has 2 saturated heterocycles. The molecule has 0 radical (unpaired) electrons. The summed E-state index contributed by atoms with van der Waals surface area (Å²) in [6.07, 6.45) is 2.03. The Morgan fingerprint density at radius 1 is 0.774 bits per heavy atom. The smallest absolute Gasteiger partial charge is 0.410 e. The second-order valence-electron chi connectivity index (χ2n) is 14.7. The molecular formula is C41H44F2N6O4. The molecule has 2 fully saturated rings. The van der Waals surface area contributed by atoms with Gasteiger partial charge in [-0.2, -0.15) is 0 Å². The number of carbonyl (C=O) groups is 2. The predicted molar refractivity (Wildman–Crippen MR) is 197 cm³/mol. The molecule has 5 aromatic rings. The number of methoxy groups -OCH3 is 1. The molecule has 0 aliphatic carbocycles. The minimum Gasteiger partial charge on any atom is -0.496 e. The molecule has 53 heavy (non-hydrogen) atoms. The van der Waals surface area contributed by atoms with Crippen molar-refractivity contribution in [2.24, 2.45) is 0 Å². The first-order valence-corrected chi connectivity index (χ1v) is 18.0. The maximum Gasteiger partial charge on any atom is 0.410 e. The summed E-state index contributed by atoms with van der Waals surface area (Å²) >= 11 is 0. The number of rotatable bonds is 7. The summed E-state index contributed by atoms with van der Waals surface area (Å²) in [5.74, 6) is -0.119. The average Bonchev–Trinajstić information content (AvgIpc) is 3.66. The van der Waals surface area contributed by atoms with Gasteiger partial charge in [-0.15, -0.1) is 5.10 Å². The molecule has 2 aliphatic rings. The van der Waals surface area contributed by atoms with Gasteiger partial charge in [-0.25, -0.2) is 18.3 Å². The van der Waals surface area contributed by atoms with Crippen molar-refractivity contribution < 1.29 is 27.8 Å². The lowest BCUT2D eigenvalue weighted by Crippen LogP contribution is -2.60. The number of amides is 2. The number of fused-ring (bicyclic) bond motifs is 1. The number of likely N-dealkylation sites (tertiary alicyclic amines) is 1. The lowest BCUT2D eigenvalue weighted by molar-refractivity contribution is -0.146. The quantitative estimate of drug-likeness (QED) is 0.178. The monoisotopic (exact) mass is 722 g/mol. The molecule has 2 aliphatic heterocycles. The number of carbonyl (C=O) groups excluding carboxylic acids is 2. The highest BCUT2D eigenvalue weighted by atomic mass is 19.1. The van der Waals surface area contributed by atoms with Crippen LogP contribution >= 0.6 is 0 Å². The summed E-state index contributed by atoms with van der Waals surface area (Å²) in [7, 11) is 1.62. The van der Waals surface area contributed by atoms with Crippen molar-refractivity contribution in [3.63, 3.8) is 0 Å². The van der Waals surface area contributed by atoms with Crippen LogP contribution in [0.15, 0.2) is 91.1 Å². The van der Waals surface area contributed by atoms with Crippen LogP contribution in [0.4, 0.5) is 13.6 Å². The van der Waals surface area contributed by atoms with Crippen LogP contribution in [0.2, 0.25) is 0 Å². The molecule has 2 amide bonds. The van der Waals surface area contributed by atoms with Gasteiger partial charge in [-0.05, 0) is 85.8 Å². The third-order valence-corrected chi connectivity index (χ3v) is 10.3. The Labute approximate surface area is 307 Å². The number of hydrogen-bond donors (Lipinski definition) is 0. The average molecular weight is 723 g/mol. The fourth-order valence-electron chi connectivity index (χ4n) is 7.58. The lowest BCUT2D eigenvalue weighted by atomic mass is 9.85. The Kier molecular flexibility index (Phi) is 9.91. The van der Waals surface area contributed by atoms with Gasteiger partial charge in [-0.3, -0.25) is 9.69 Å². The van der Waals surface area contributed by atoms with Crippen molar-refractivity contribution in [3.8, 4) is 17.0 Å². The molecule has 0 N–H and O–H groups in total. The van der Waals surface area contributed by atoms with Crippen LogP contribution in [0, 0.1) is 11.6 Å². The number of aromatic nitrogens is 3. The van der Waals surface area contributed by atoms with Crippen molar-refractivity contribution in [1.82, 2.24) is 29.7 Å². The number of piperidine rings is 1. The van der Waals surface area contributed by atoms with Gasteiger partial charge in [0.2, 0.25) is 0 Å². The van der Waals surface area contributed by atoms with Crippen LogP contribution in [0.25, 0.3) is 22.0 Å². The molecule has 0 spiro atoms. The second-order valence-corrected chi connectivity index (χ2v) is 14.7. The first-order chi connectivity index (χ1) is 25.5. The first kappa shape index (κ1) is 36.0. The molecule has 0 bridgehead atoms. The largest absolute Gasteiger partial charge is 0.496 e. The van der Waals surface area contributed by atoms with E-state index in [1.165, 1.54) is 24.3 Å².